The maximum Gasteiger partial charge on any atom is 0.409 e. The molecule has 1 heterocycles. The Hall–Kier alpha value is -1.71. The molecular formula is C18H30N2O2. The molecule has 4 heteroatoms. The first-order chi connectivity index (χ1) is 10.6. The maximum atomic E-state index is 11.2. The van der Waals surface area contributed by atoms with Crippen LogP contribution in [0.25, 0.3) is 0 Å². The van der Waals surface area contributed by atoms with Gasteiger partial charge < -0.3 is 14.5 Å². The van der Waals surface area contributed by atoms with Crippen molar-refractivity contribution in [1.29, 1.82) is 0 Å². The van der Waals surface area contributed by atoms with Crippen LogP contribution in [0.2, 0.25) is 0 Å². The van der Waals surface area contributed by atoms with Crippen molar-refractivity contribution >= 4 is 11.8 Å². The topological polar surface area (TPSA) is 32.8 Å². The highest BCUT2D eigenvalue weighted by Crippen LogP contribution is 2.16. The molecule has 0 N–H and O–H groups in total. The summed E-state index contributed by atoms with van der Waals surface area (Å²) in [5, 5.41) is 0. The van der Waals surface area contributed by atoms with Gasteiger partial charge in [0.05, 0.1) is 6.61 Å². The second kappa shape index (κ2) is 10.1. The third-order valence-corrected chi connectivity index (χ3v) is 3.98. The Balaban J connectivity index is 0.000000224. The highest BCUT2D eigenvalue weighted by Gasteiger charge is 2.20. The van der Waals surface area contributed by atoms with E-state index in [0.717, 1.165) is 38.4 Å². The number of hydrogen-bond acceptors (Lipinski definition) is 3. The molecule has 2 rings (SSSR count). The molecule has 0 radical (unpaired) electrons. The molecule has 0 aromatic heterocycles. The second-order valence-electron chi connectivity index (χ2n) is 5.72. The van der Waals surface area contributed by atoms with Gasteiger partial charge in [-0.05, 0) is 44.7 Å². The molecule has 1 saturated heterocycles. The largest absolute Gasteiger partial charge is 0.450 e. The van der Waals surface area contributed by atoms with E-state index in [4.69, 9.17) is 4.74 Å². The molecule has 0 saturated carbocycles. The van der Waals surface area contributed by atoms with Crippen molar-refractivity contribution in [3.63, 3.8) is 0 Å². The molecule has 1 aromatic carbocycles. The third-order valence-electron chi connectivity index (χ3n) is 3.98. The molecule has 0 atom stereocenters. The van der Waals surface area contributed by atoms with Gasteiger partial charge >= 0.3 is 6.09 Å². The standard InChI is InChI=1S/C9H17NO2.C9H13N/c1-3-12-9(11)10-6-4-8(2)5-7-10;1-3-10(2)9-7-5-4-6-8-9/h8H,3-7H2,1-2H3;4-8H,3H2,1-2H3. The summed E-state index contributed by atoms with van der Waals surface area (Å²) in [4.78, 5) is 15.2. The molecule has 0 bridgehead atoms. The summed E-state index contributed by atoms with van der Waals surface area (Å²) in [6, 6.07) is 10.4. The van der Waals surface area contributed by atoms with Crippen LogP contribution in [0.4, 0.5) is 10.5 Å². The maximum absolute atomic E-state index is 11.2. The summed E-state index contributed by atoms with van der Waals surface area (Å²) in [6.07, 6.45) is 2.07. The molecular weight excluding hydrogens is 276 g/mol. The quantitative estimate of drug-likeness (QED) is 0.845. The van der Waals surface area contributed by atoms with Gasteiger partial charge in [-0.1, -0.05) is 25.1 Å². The molecule has 1 amide bonds. The summed E-state index contributed by atoms with van der Waals surface area (Å²) in [6.45, 7) is 9.47. The van der Waals surface area contributed by atoms with E-state index in [0.29, 0.717) is 6.61 Å². The number of hydrogen-bond donors (Lipinski definition) is 0. The lowest BCUT2D eigenvalue weighted by atomic mass is 10.00. The van der Waals surface area contributed by atoms with E-state index in [1.807, 2.05) is 13.0 Å². The Morgan fingerprint density at radius 3 is 2.32 bits per heavy atom. The zero-order valence-corrected chi connectivity index (χ0v) is 14.4. The summed E-state index contributed by atoms with van der Waals surface area (Å²) < 4.78 is 4.90. The van der Waals surface area contributed by atoms with E-state index in [1.54, 1.807) is 4.90 Å². The zero-order valence-electron chi connectivity index (χ0n) is 14.4. The fourth-order valence-electron chi connectivity index (χ4n) is 2.27. The minimum atomic E-state index is -0.149. The molecule has 0 unspecified atom stereocenters. The van der Waals surface area contributed by atoms with Crippen LogP contribution in [0.15, 0.2) is 30.3 Å². The lowest BCUT2D eigenvalue weighted by Crippen LogP contribution is -2.38. The lowest BCUT2D eigenvalue weighted by molar-refractivity contribution is 0.0934. The van der Waals surface area contributed by atoms with Gasteiger partial charge in [-0.15, -0.1) is 0 Å². The molecule has 0 aliphatic carbocycles. The fraction of sp³-hybridized carbons (Fsp3) is 0.611. The number of ether oxygens (including phenoxy) is 1. The van der Waals surface area contributed by atoms with Crippen molar-refractivity contribution in [2.24, 2.45) is 5.92 Å². The molecule has 1 aromatic rings. The van der Waals surface area contributed by atoms with Crippen molar-refractivity contribution in [3.8, 4) is 0 Å². The van der Waals surface area contributed by atoms with E-state index in [2.05, 4.69) is 50.1 Å². The predicted octanol–water partition coefficient (Wildman–Crippen LogP) is 4.02. The zero-order chi connectivity index (χ0) is 16.4. The average Bonchev–Trinajstić information content (AvgIpc) is 2.56. The van der Waals surface area contributed by atoms with Crippen molar-refractivity contribution in [2.45, 2.75) is 33.6 Å². The van der Waals surface area contributed by atoms with Crippen molar-refractivity contribution in [2.75, 3.05) is 38.2 Å². The Kier molecular flexibility index (Phi) is 8.41. The minimum Gasteiger partial charge on any atom is -0.450 e. The van der Waals surface area contributed by atoms with Gasteiger partial charge in [-0.3, -0.25) is 0 Å². The molecule has 1 aliphatic rings. The van der Waals surface area contributed by atoms with Crippen molar-refractivity contribution in [1.82, 2.24) is 4.90 Å². The lowest BCUT2D eigenvalue weighted by Gasteiger charge is -2.29. The highest BCUT2D eigenvalue weighted by atomic mass is 16.6. The van der Waals surface area contributed by atoms with Gasteiger partial charge in [-0.25, -0.2) is 4.79 Å². The van der Waals surface area contributed by atoms with E-state index < -0.39 is 0 Å². The Labute approximate surface area is 135 Å². The summed E-state index contributed by atoms with van der Waals surface area (Å²) in [5.74, 6) is 0.760. The van der Waals surface area contributed by atoms with Gasteiger partial charge in [0.2, 0.25) is 0 Å². The number of para-hydroxylation sites is 1. The molecule has 22 heavy (non-hydrogen) atoms. The fourth-order valence-corrected chi connectivity index (χ4v) is 2.27. The predicted molar refractivity (Wildman–Crippen MR) is 92.4 cm³/mol. The van der Waals surface area contributed by atoms with Gasteiger partial charge in [-0.2, -0.15) is 0 Å². The van der Waals surface area contributed by atoms with Crippen molar-refractivity contribution in [3.05, 3.63) is 30.3 Å². The summed E-state index contributed by atoms with van der Waals surface area (Å²) >= 11 is 0. The monoisotopic (exact) mass is 306 g/mol. The average molecular weight is 306 g/mol. The van der Waals surface area contributed by atoms with Gasteiger partial charge in [0.15, 0.2) is 0 Å². The molecule has 1 aliphatic heterocycles. The first-order valence-electron chi connectivity index (χ1n) is 8.26. The van der Waals surface area contributed by atoms with Crippen molar-refractivity contribution < 1.29 is 9.53 Å². The Morgan fingerprint density at radius 2 is 1.82 bits per heavy atom. The third kappa shape index (κ3) is 6.37. The van der Waals surface area contributed by atoms with E-state index in [-0.39, 0.29) is 6.09 Å². The van der Waals surface area contributed by atoms with E-state index in [1.165, 1.54) is 5.69 Å². The number of rotatable bonds is 3. The number of carbonyl (C=O) groups excluding carboxylic acids is 1. The first-order valence-corrected chi connectivity index (χ1v) is 8.26. The number of benzene rings is 1. The highest BCUT2D eigenvalue weighted by molar-refractivity contribution is 5.67. The molecule has 4 nitrogen and oxygen atoms in total. The summed E-state index contributed by atoms with van der Waals surface area (Å²) in [5.41, 5.74) is 1.28. The Bertz CT molecular complexity index is 414. The minimum absolute atomic E-state index is 0.149. The molecule has 1 fully saturated rings. The van der Waals surface area contributed by atoms with Gasteiger partial charge in [0, 0.05) is 32.4 Å². The Morgan fingerprint density at radius 1 is 1.23 bits per heavy atom. The van der Waals surface area contributed by atoms with Crippen LogP contribution in [-0.4, -0.2) is 44.3 Å². The van der Waals surface area contributed by atoms with Crippen LogP contribution in [0, 0.1) is 5.92 Å². The van der Waals surface area contributed by atoms with Crippen LogP contribution in [0.1, 0.15) is 33.6 Å². The van der Waals surface area contributed by atoms with Crippen LogP contribution < -0.4 is 4.90 Å². The van der Waals surface area contributed by atoms with Crippen LogP contribution in [-0.2, 0) is 4.74 Å². The number of likely N-dealkylation sites (tertiary alicyclic amines) is 1. The van der Waals surface area contributed by atoms with Crippen LogP contribution in [0.3, 0.4) is 0 Å². The van der Waals surface area contributed by atoms with Gasteiger partial charge in [0.1, 0.15) is 0 Å². The number of nitrogens with zero attached hydrogens (tertiary/aromatic N) is 2. The molecule has 124 valence electrons. The number of piperidine rings is 1. The van der Waals surface area contributed by atoms with Gasteiger partial charge in [0.25, 0.3) is 0 Å². The number of carbonyl (C=O) groups is 1. The first kappa shape index (κ1) is 18.3. The van der Waals surface area contributed by atoms with Crippen LogP contribution in [0.5, 0.6) is 0 Å². The van der Waals surface area contributed by atoms with E-state index >= 15 is 0 Å². The SMILES string of the molecule is CCN(C)c1ccccc1.CCOC(=O)N1CCC(C)CC1. The second-order valence-corrected chi connectivity index (χ2v) is 5.72. The smallest absolute Gasteiger partial charge is 0.409 e. The normalized spacial score (nSPS) is 14.8. The van der Waals surface area contributed by atoms with Crippen LogP contribution >= 0.6 is 0 Å². The molecule has 0 spiro atoms. The number of anilines is 1. The van der Waals surface area contributed by atoms with E-state index in [9.17, 15) is 4.79 Å². The number of amides is 1. The summed E-state index contributed by atoms with van der Waals surface area (Å²) in [7, 11) is 2.09.